The van der Waals surface area contributed by atoms with E-state index < -0.39 is 0 Å². The maximum absolute atomic E-state index is 12.4. The molecule has 0 aromatic carbocycles. The first-order chi connectivity index (χ1) is 10.5. The van der Waals surface area contributed by atoms with Crippen LogP contribution in [0.1, 0.15) is 42.7 Å². The van der Waals surface area contributed by atoms with Crippen molar-refractivity contribution in [3.05, 3.63) is 12.2 Å². The van der Waals surface area contributed by atoms with Gasteiger partial charge >= 0.3 is 0 Å². The Morgan fingerprint density at radius 2 is 2.14 bits per heavy atom. The number of nitrogens with one attached hydrogen (secondary N) is 1. The lowest BCUT2D eigenvalue weighted by molar-refractivity contribution is -0.124. The monoisotopic (exact) mass is 303 g/mol. The number of rotatable bonds is 3. The van der Waals surface area contributed by atoms with Crippen LogP contribution in [-0.4, -0.2) is 50.6 Å². The van der Waals surface area contributed by atoms with Crippen molar-refractivity contribution in [1.29, 1.82) is 0 Å². The third-order valence-electron chi connectivity index (χ3n) is 5.17. The maximum Gasteiger partial charge on any atom is 0.293 e. The van der Waals surface area contributed by atoms with Crippen molar-refractivity contribution in [3.63, 3.8) is 0 Å². The summed E-state index contributed by atoms with van der Waals surface area (Å²) in [6.45, 7) is 1.53. The molecule has 2 amide bonds. The van der Waals surface area contributed by atoms with Crippen LogP contribution in [0.5, 0.6) is 0 Å². The highest BCUT2D eigenvalue weighted by molar-refractivity contribution is 5.90. The van der Waals surface area contributed by atoms with Gasteiger partial charge in [0, 0.05) is 32.1 Å². The summed E-state index contributed by atoms with van der Waals surface area (Å²) in [7, 11) is 1.76. The van der Waals surface area contributed by atoms with Crippen LogP contribution in [0.25, 0.3) is 0 Å². The second-order valence-corrected chi connectivity index (χ2v) is 7.11. The van der Waals surface area contributed by atoms with Gasteiger partial charge in [-0.1, -0.05) is 0 Å². The highest BCUT2D eigenvalue weighted by Crippen LogP contribution is 2.48. The molecule has 0 bridgehead atoms. The van der Waals surface area contributed by atoms with Gasteiger partial charge in [-0.15, -0.1) is 5.10 Å². The summed E-state index contributed by atoms with van der Waals surface area (Å²) in [4.78, 5) is 30.0. The van der Waals surface area contributed by atoms with Gasteiger partial charge in [-0.2, -0.15) is 0 Å². The van der Waals surface area contributed by atoms with Crippen LogP contribution in [0.2, 0.25) is 0 Å². The van der Waals surface area contributed by atoms with E-state index in [9.17, 15) is 9.59 Å². The molecule has 0 atom stereocenters. The molecule has 1 N–H and O–H groups in total. The summed E-state index contributed by atoms with van der Waals surface area (Å²) in [5.74, 6) is 0.692. The molecule has 0 radical (unpaired) electrons. The van der Waals surface area contributed by atoms with Crippen molar-refractivity contribution >= 4 is 11.8 Å². The summed E-state index contributed by atoms with van der Waals surface area (Å²) < 4.78 is 1.55. The SMILES string of the molecule is Cn1cnc(C(=O)N2CCC3(CC(NC(=O)C4CC4)C3)C2)n1. The third kappa shape index (κ3) is 2.38. The lowest BCUT2D eigenvalue weighted by Gasteiger charge is -2.45. The van der Waals surface area contributed by atoms with Gasteiger partial charge in [0.2, 0.25) is 11.7 Å². The zero-order chi connectivity index (χ0) is 15.3. The molecule has 118 valence electrons. The highest BCUT2D eigenvalue weighted by atomic mass is 16.2. The summed E-state index contributed by atoms with van der Waals surface area (Å²) in [6, 6.07) is 0.302. The fourth-order valence-electron chi connectivity index (χ4n) is 3.77. The van der Waals surface area contributed by atoms with Crippen LogP contribution < -0.4 is 5.32 Å². The topological polar surface area (TPSA) is 80.1 Å². The molecular weight excluding hydrogens is 282 g/mol. The zero-order valence-corrected chi connectivity index (χ0v) is 12.8. The van der Waals surface area contributed by atoms with Gasteiger partial charge in [-0.05, 0) is 37.5 Å². The Hall–Kier alpha value is -1.92. The van der Waals surface area contributed by atoms with E-state index in [1.54, 1.807) is 18.1 Å². The van der Waals surface area contributed by atoms with Gasteiger partial charge < -0.3 is 10.2 Å². The van der Waals surface area contributed by atoms with Gasteiger partial charge in [-0.3, -0.25) is 14.3 Å². The molecule has 22 heavy (non-hydrogen) atoms. The number of hydrogen-bond acceptors (Lipinski definition) is 4. The molecule has 7 heteroatoms. The molecular formula is C15H21N5O2. The summed E-state index contributed by atoms with van der Waals surface area (Å²) in [5.41, 5.74) is 0.200. The Bertz CT molecular complexity index is 615. The number of hydrogen-bond donors (Lipinski definition) is 1. The summed E-state index contributed by atoms with van der Waals surface area (Å²) in [5, 5.41) is 7.22. The molecule has 1 spiro atoms. The summed E-state index contributed by atoms with van der Waals surface area (Å²) >= 11 is 0. The van der Waals surface area contributed by atoms with Crippen LogP contribution >= 0.6 is 0 Å². The minimum atomic E-state index is -0.0806. The molecule has 1 aromatic rings. The summed E-state index contributed by atoms with van der Waals surface area (Å²) in [6.07, 6.45) is 6.63. The third-order valence-corrected chi connectivity index (χ3v) is 5.17. The predicted molar refractivity (Wildman–Crippen MR) is 77.8 cm³/mol. The van der Waals surface area contributed by atoms with Crippen LogP contribution in [0.3, 0.4) is 0 Å². The maximum atomic E-state index is 12.4. The number of carbonyl (C=O) groups is 2. The smallest absolute Gasteiger partial charge is 0.293 e. The molecule has 0 unspecified atom stereocenters. The number of aromatic nitrogens is 3. The fraction of sp³-hybridized carbons (Fsp3) is 0.733. The van der Waals surface area contributed by atoms with E-state index in [4.69, 9.17) is 0 Å². The number of nitrogens with zero attached hydrogens (tertiary/aromatic N) is 4. The van der Waals surface area contributed by atoms with Crippen LogP contribution in [0.4, 0.5) is 0 Å². The van der Waals surface area contributed by atoms with E-state index in [1.165, 1.54) is 0 Å². The first-order valence-corrected chi connectivity index (χ1v) is 8.00. The molecule has 2 aliphatic carbocycles. The second-order valence-electron chi connectivity index (χ2n) is 7.11. The van der Waals surface area contributed by atoms with E-state index in [1.807, 2.05) is 4.90 Å². The van der Waals surface area contributed by atoms with Gasteiger partial charge in [0.25, 0.3) is 5.91 Å². The molecule has 1 aliphatic heterocycles. The first kappa shape index (κ1) is 13.7. The molecule has 1 saturated heterocycles. The van der Waals surface area contributed by atoms with E-state index in [0.717, 1.165) is 45.2 Å². The Labute approximate surface area is 129 Å². The van der Waals surface area contributed by atoms with Crippen LogP contribution in [0.15, 0.2) is 6.33 Å². The zero-order valence-electron chi connectivity index (χ0n) is 12.8. The van der Waals surface area contributed by atoms with Gasteiger partial charge in [0.15, 0.2) is 0 Å². The van der Waals surface area contributed by atoms with Crippen molar-refractivity contribution in [2.45, 2.75) is 38.1 Å². The lowest BCUT2D eigenvalue weighted by Crippen LogP contribution is -2.52. The molecule has 3 fully saturated rings. The van der Waals surface area contributed by atoms with Gasteiger partial charge in [0.05, 0.1) is 0 Å². The minimum absolute atomic E-state index is 0.0806. The van der Waals surface area contributed by atoms with Gasteiger partial charge in [0.1, 0.15) is 6.33 Å². The van der Waals surface area contributed by atoms with E-state index in [0.29, 0.717) is 6.04 Å². The van der Waals surface area contributed by atoms with E-state index >= 15 is 0 Å². The number of likely N-dealkylation sites (tertiary alicyclic amines) is 1. The molecule has 4 rings (SSSR count). The molecule has 7 nitrogen and oxygen atoms in total. The quantitative estimate of drug-likeness (QED) is 0.873. The lowest BCUT2D eigenvalue weighted by atomic mass is 9.65. The number of carbonyl (C=O) groups excluding carboxylic acids is 2. The largest absolute Gasteiger partial charge is 0.353 e. The van der Waals surface area contributed by atoms with Crippen molar-refractivity contribution in [2.75, 3.05) is 13.1 Å². The highest BCUT2D eigenvalue weighted by Gasteiger charge is 2.50. The number of aryl methyl sites for hydroxylation is 1. The van der Waals surface area contributed by atoms with Crippen molar-refractivity contribution in [1.82, 2.24) is 25.0 Å². The first-order valence-electron chi connectivity index (χ1n) is 8.00. The molecule has 2 saturated carbocycles. The van der Waals surface area contributed by atoms with E-state index in [-0.39, 0.29) is 29.0 Å². The van der Waals surface area contributed by atoms with Crippen molar-refractivity contribution in [2.24, 2.45) is 18.4 Å². The fourth-order valence-corrected chi connectivity index (χ4v) is 3.77. The molecule has 1 aromatic heterocycles. The minimum Gasteiger partial charge on any atom is -0.353 e. The number of amides is 2. The Balaban J connectivity index is 1.31. The average Bonchev–Trinajstić information content (AvgIpc) is 3.08. The standard InChI is InChI=1S/C15H21N5O2/c1-19-9-16-12(18-19)14(22)20-5-4-15(8-20)6-11(7-15)17-13(21)10-2-3-10/h9-11H,2-8H2,1H3,(H,17,21). The van der Waals surface area contributed by atoms with Crippen LogP contribution in [-0.2, 0) is 11.8 Å². The van der Waals surface area contributed by atoms with Crippen molar-refractivity contribution in [3.8, 4) is 0 Å². The average molecular weight is 303 g/mol. The predicted octanol–water partition coefficient (Wildman–Crippen LogP) is 0.336. The van der Waals surface area contributed by atoms with Crippen LogP contribution in [0, 0.1) is 11.3 Å². The molecule has 3 aliphatic rings. The normalized spacial score (nSPS) is 30.4. The Kier molecular flexibility index (Phi) is 2.99. The van der Waals surface area contributed by atoms with E-state index in [2.05, 4.69) is 15.4 Å². The Morgan fingerprint density at radius 1 is 1.36 bits per heavy atom. The molecule has 2 heterocycles. The Morgan fingerprint density at radius 3 is 2.77 bits per heavy atom. The van der Waals surface area contributed by atoms with Crippen molar-refractivity contribution < 1.29 is 9.59 Å². The second kappa shape index (κ2) is 4.79. The van der Waals surface area contributed by atoms with Gasteiger partial charge in [-0.25, -0.2) is 4.98 Å².